The standard InChI is InChI=1S/C8H12BrN3O2S/c9-7-5-11-8(15(7,13)14)6-12-3-1-10-2-4-12/h5,10H,1-4,6H2. The molecule has 0 aromatic carbocycles. The van der Waals surface area contributed by atoms with Gasteiger partial charge < -0.3 is 5.32 Å². The van der Waals surface area contributed by atoms with Gasteiger partial charge in [0.2, 0.25) is 9.84 Å². The number of nitrogens with zero attached hydrogens (tertiary/aromatic N) is 2. The normalized spacial score (nSPS) is 26.2. The Morgan fingerprint density at radius 3 is 2.67 bits per heavy atom. The molecule has 2 aliphatic heterocycles. The Morgan fingerprint density at radius 1 is 1.47 bits per heavy atom. The van der Waals surface area contributed by atoms with Gasteiger partial charge in [-0.05, 0) is 15.9 Å². The van der Waals surface area contributed by atoms with Gasteiger partial charge in [0.25, 0.3) is 0 Å². The van der Waals surface area contributed by atoms with Gasteiger partial charge in [0, 0.05) is 26.2 Å². The lowest BCUT2D eigenvalue weighted by atomic mass is 10.4. The number of hydrogen-bond acceptors (Lipinski definition) is 5. The van der Waals surface area contributed by atoms with Gasteiger partial charge in [-0.25, -0.2) is 13.4 Å². The first-order valence-electron chi connectivity index (χ1n) is 4.71. The van der Waals surface area contributed by atoms with Gasteiger partial charge in [-0.2, -0.15) is 0 Å². The second-order valence-corrected chi connectivity index (χ2v) is 6.78. The zero-order valence-corrected chi connectivity index (χ0v) is 10.5. The van der Waals surface area contributed by atoms with E-state index in [-0.39, 0.29) is 8.86 Å². The van der Waals surface area contributed by atoms with E-state index in [2.05, 4.69) is 31.1 Å². The lowest BCUT2D eigenvalue weighted by molar-refractivity contribution is 0.273. The van der Waals surface area contributed by atoms with E-state index in [9.17, 15) is 8.42 Å². The molecule has 7 heteroatoms. The number of halogens is 1. The van der Waals surface area contributed by atoms with Gasteiger partial charge in [-0.3, -0.25) is 4.90 Å². The molecule has 0 saturated carbocycles. The Hall–Kier alpha value is -0.240. The molecule has 0 spiro atoms. The van der Waals surface area contributed by atoms with Gasteiger partial charge in [-0.1, -0.05) is 0 Å². The summed E-state index contributed by atoms with van der Waals surface area (Å²) in [5.74, 6) is 0. The van der Waals surface area contributed by atoms with E-state index >= 15 is 0 Å². The lowest BCUT2D eigenvalue weighted by Crippen LogP contribution is -2.46. The molecule has 2 heterocycles. The highest BCUT2D eigenvalue weighted by Gasteiger charge is 2.29. The fourth-order valence-electron chi connectivity index (χ4n) is 1.56. The fraction of sp³-hybridized carbons (Fsp3) is 0.625. The van der Waals surface area contributed by atoms with E-state index < -0.39 is 9.84 Å². The summed E-state index contributed by atoms with van der Waals surface area (Å²) in [5, 5.41) is 3.46. The molecule has 0 aromatic rings. The number of sulfone groups is 1. The second kappa shape index (κ2) is 4.32. The van der Waals surface area contributed by atoms with Crippen LogP contribution in [0.25, 0.3) is 0 Å². The molecule has 0 aromatic heterocycles. The first-order chi connectivity index (χ1) is 7.10. The van der Waals surface area contributed by atoms with E-state index in [1.807, 2.05) is 0 Å². The van der Waals surface area contributed by atoms with Crippen LogP contribution in [0.15, 0.2) is 15.0 Å². The Balaban J connectivity index is 2.02. The van der Waals surface area contributed by atoms with E-state index in [0.29, 0.717) is 6.54 Å². The van der Waals surface area contributed by atoms with E-state index in [4.69, 9.17) is 0 Å². The van der Waals surface area contributed by atoms with E-state index in [0.717, 1.165) is 26.2 Å². The molecule has 2 rings (SSSR count). The zero-order valence-electron chi connectivity index (χ0n) is 8.11. The van der Waals surface area contributed by atoms with Crippen molar-refractivity contribution in [1.82, 2.24) is 10.2 Å². The molecule has 0 radical (unpaired) electrons. The van der Waals surface area contributed by atoms with Crippen LogP contribution in [-0.4, -0.2) is 51.1 Å². The molecule has 0 unspecified atom stereocenters. The summed E-state index contributed by atoms with van der Waals surface area (Å²) in [7, 11) is -3.30. The molecule has 1 saturated heterocycles. The molecule has 1 N–H and O–H groups in total. The minimum absolute atomic E-state index is 0.167. The number of hydrogen-bond donors (Lipinski definition) is 1. The smallest absolute Gasteiger partial charge is 0.229 e. The summed E-state index contributed by atoms with van der Waals surface area (Å²) in [6, 6.07) is 0. The first kappa shape index (κ1) is 11.3. The van der Waals surface area contributed by atoms with Crippen molar-refractivity contribution in [3.05, 3.63) is 10.0 Å². The zero-order chi connectivity index (χ0) is 10.9. The van der Waals surface area contributed by atoms with Crippen molar-refractivity contribution < 1.29 is 8.42 Å². The predicted molar refractivity (Wildman–Crippen MR) is 62.7 cm³/mol. The van der Waals surface area contributed by atoms with Gasteiger partial charge in [0.15, 0.2) is 5.04 Å². The van der Waals surface area contributed by atoms with Crippen molar-refractivity contribution in [2.75, 3.05) is 32.7 Å². The highest BCUT2D eigenvalue weighted by molar-refractivity contribution is 9.14. The SMILES string of the molecule is O=S1(=O)C(Br)=CN=C1CN1CCNCC1. The van der Waals surface area contributed by atoms with Crippen LogP contribution >= 0.6 is 15.9 Å². The van der Waals surface area contributed by atoms with Crippen LogP contribution in [0.2, 0.25) is 0 Å². The Labute approximate surface area is 97.3 Å². The topological polar surface area (TPSA) is 61.8 Å². The Bertz CT molecular complexity index is 410. The second-order valence-electron chi connectivity index (χ2n) is 3.49. The number of rotatable bonds is 2. The van der Waals surface area contributed by atoms with Crippen molar-refractivity contribution in [2.24, 2.45) is 4.99 Å². The van der Waals surface area contributed by atoms with E-state index in [1.54, 1.807) is 0 Å². The molecule has 0 aliphatic carbocycles. The quantitative estimate of drug-likeness (QED) is 0.773. The van der Waals surface area contributed by atoms with Gasteiger partial charge in [0.1, 0.15) is 3.81 Å². The molecular weight excluding hydrogens is 282 g/mol. The van der Waals surface area contributed by atoms with Crippen molar-refractivity contribution in [3.63, 3.8) is 0 Å². The molecule has 1 fully saturated rings. The summed E-state index contributed by atoms with van der Waals surface area (Å²) in [6.07, 6.45) is 1.35. The molecule has 2 aliphatic rings. The molecule has 15 heavy (non-hydrogen) atoms. The average Bonchev–Trinajstić information content (AvgIpc) is 2.47. The molecular formula is C8H12BrN3O2S. The van der Waals surface area contributed by atoms with Crippen molar-refractivity contribution in [1.29, 1.82) is 0 Å². The average molecular weight is 294 g/mol. The number of nitrogens with one attached hydrogen (secondary N) is 1. The monoisotopic (exact) mass is 293 g/mol. The van der Waals surface area contributed by atoms with Crippen molar-refractivity contribution in [3.8, 4) is 0 Å². The Morgan fingerprint density at radius 2 is 2.13 bits per heavy atom. The van der Waals surface area contributed by atoms with Crippen molar-refractivity contribution >= 4 is 30.8 Å². The van der Waals surface area contributed by atoms with Crippen LogP contribution in [0.4, 0.5) is 0 Å². The third-order valence-corrected chi connectivity index (χ3v) is 5.40. The summed E-state index contributed by atoms with van der Waals surface area (Å²) < 4.78 is 23.5. The van der Waals surface area contributed by atoms with Crippen molar-refractivity contribution in [2.45, 2.75) is 0 Å². The van der Waals surface area contributed by atoms with Crippen LogP contribution in [-0.2, 0) is 9.84 Å². The van der Waals surface area contributed by atoms with Gasteiger partial charge in [-0.15, -0.1) is 0 Å². The predicted octanol–water partition coefficient (Wildman–Crippen LogP) is -0.0877. The third-order valence-electron chi connectivity index (χ3n) is 2.45. The van der Waals surface area contributed by atoms with E-state index in [1.165, 1.54) is 6.20 Å². The first-order valence-corrected chi connectivity index (χ1v) is 6.99. The fourth-order valence-corrected chi connectivity index (χ4v) is 3.18. The minimum atomic E-state index is -3.30. The summed E-state index contributed by atoms with van der Waals surface area (Å²) in [5.41, 5.74) is 0. The largest absolute Gasteiger partial charge is 0.314 e. The maximum Gasteiger partial charge on any atom is 0.229 e. The van der Waals surface area contributed by atoms with Crippen LogP contribution in [0.1, 0.15) is 0 Å². The highest BCUT2D eigenvalue weighted by atomic mass is 79.9. The lowest BCUT2D eigenvalue weighted by Gasteiger charge is -2.26. The Kier molecular flexibility index (Phi) is 3.24. The summed E-state index contributed by atoms with van der Waals surface area (Å²) in [6.45, 7) is 3.96. The molecule has 84 valence electrons. The maximum atomic E-state index is 11.7. The van der Waals surface area contributed by atoms with Gasteiger partial charge in [0.05, 0.1) is 12.7 Å². The maximum absolute atomic E-state index is 11.7. The number of aliphatic imine (C=N–C) groups is 1. The van der Waals surface area contributed by atoms with Crippen LogP contribution in [0, 0.1) is 0 Å². The summed E-state index contributed by atoms with van der Waals surface area (Å²) in [4.78, 5) is 6.01. The van der Waals surface area contributed by atoms with Crippen LogP contribution < -0.4 is 5.32 Å². The molecule has 0 amide bonds. The molecule has 5 nitrogen and oxygen atoms in total. The minimum Gasteiger partial charge on any atom is -0.314 e. The molecule has 0 atom stereocenters. The molecule has 0 bridgehead atoms. The van der Waals surface area contributed by atoms with Gasteiger partial charge >= 0.3 is 0 Å². The summed E-state index contributed by atoms with van der Waals surface area (Å²) >= 11 is 2.99. The van der Waals surface area contributed by atoms with Crippen LogP contribution in [0.5, 0.6) is 0 Å². The van der Waals surface area contributed by atoms with Crippen LogP contribution in [0.3, 0.4) is 0 Å². The third kappa shape index (κ3) is 2.30. The highest BCUT2D eigenvalue weighted by Crippen LogP contribution is 2.22. The number of piperazine rings is 1.